The first kappa shape index (κ1) is 18.3. The number of rotatable bonds is 6. The van der Waals surface area contributed by atoms with Gasteiger partial charge in [-0.3, -0.25) is 4.79 Å². The van der Waals surface area contributed by atoms with Crippen LogP contribution in [-0.4, -0.2) is 17.5 Å². The van der Waals surface area contributed by atoms with E-state index in [1.54, 1.807) is 24.3 Å². The predicted molar refractivity (Wildman–Crippen MR) is 107 cm³/mol. The zero-order valence-corrected chi connectivity index (χ0v) is 16.0. The molecule has 0 saturated carbocycles. The molecule has 0 N–H and O–H groups in total. The zero-order chi connectivity index (χ0) is 16.7. The highest BCUT2D eigenvalue weighted by Gasteiger charge is 2.17. The minimum absolute atomic E-state index is 0.318. The minimum Gasteiger partial charge on any atom is -0.426 e. The van der Waals surface area contributed by atoms with Crippen molar-refractivity contribution in [3.8, 4) is 5.75 Å². The van der Waals surface area contributed by atoms with Gasteiger partial charge in [0, 0.05) is 15.1 Å². The number of nitrogens with zero attached hydrogens (tertiary/aromatic N) is 2. The normalized spacial score (nSPS) is 11.1. The Bertz CT molecular complexity index is 671. The molecule has 0 unspecified atom stereocenters. The lowest BCUT2D eigenvalue weighted by Crippen LogP contribution is -2.23. The lowest BCUT2D eigenvalue weighted by molar-refractivity contribution is -0.137. The van der Waals surface area contributed by atoms with Crippen molar-refractivity contribution < 1.29 is 9.53 Å². The number of hydrogen-bond donors (Lipinski definition) is 2. The van der Waals surface area contributed by atoms with Gasteiger partial charge >= 0.3 is 5.97 Å². The van der Waals surface area contributed by atoms with Gasteiger partial charge in [0.2, 0.25) is 0 Å². The Hall–Kier alpha value is -1.06. The molecule has 23 heavy (non-hydrogen) atoms. The van der Waals surface area contributed by atoms with Crippen LogP contribution >= 0.6 is 47.8 Å². The van der Waals surface area contributed by atoms with Crippen LogP contribution < -0.4 is 4.74 Å². The molecule has 0 heterocycles. The molecule has 2 aromatic carbocycles. The van der Waals surface area contributed by atoms with Gasteiger partial charge in [-0.25, -0.2) is 0 Å². The summed E-state index contributed by atoms with van der Waals surface area (Å²) in [5.41, 5.74) is 1.47. The number of azo groups is 1. The fourth-order valence-electron chi connectivity index (χ4n) is 1.61. The van der Waals surface area contributed by atoms with Crippen molar-refractivity contribution in [3.05, 3.63) is 52.1 Å². The molecular weight excluding hydrogens is 443 g/mol. The molecule has 0 aliphatic carbocycles. The first-order valence-electron chi connectivity index (χ1n) is 6.83. The molecule has 0 aromatic heterocycles. The van der Waals surface area contributed by atoms with E-state index < -0.39 is 0 Å². The fraction of sp³-hybridized carbons (Fsp3) is 0.188. The zero-order valence-electron chi connectivity index (χ0n) is 12.1. The Morgan fingerprint density at radius 1 is 0.957 bits per heavy atom. The molecule has 120 valence electrons. The Balaban J connectivity index is 1.99. The summed E-state index contributed by atoms with van der Waals surface area (Å²) < 4.78 is 6.43. The third-order valence-electron chi connectivity index (χ3n) is 2.94. The molecular formula is C16H15IN2O2S2. The molecule has 7 heteroatoms. The van der Waals surface area contributed by atoms with Gasteiger partial charge in [-0.1, -0.05) is 0 Å². The van der Waals surface area contributed by atoms with Crippen LogP contribution in [0.2, 0.25) is 0 Å². The number of carbonyl (C=O) groups excluding carboxylic acids is 1. The molecule has 4 nitrogen and oxygen atoms in total. The van der Waals surface area contributed by atoms with Gasteiger partial charge in [-0.2, -0.15) is 35.5 Å². The molecule has 0 aliphatic rings. The SMILES string of the molecule is O=C(Oc1ccc(N=Nc2ccc(I)cc2)cc1)C(CS)CS. The van der Waals surface area contributed by atoms with E-state index in [-0.39, 0.29) is 11.9 Å². The summed E-state index contributed by atoms with van der Waals surface area (Å²) in [6.45, 7) is 0. The smallest absolute Gasteiger partial charge is 0.315 e. The van der Waals surface area contributed by atoms with Gasteiger partial charge in [0.15, 0.2) is 0 Å². The van der Waals surface area contributed by atoms with Gasteiger partial charge in [0.05, 0.1) is 17.3 Å². The van der Waals surface area contributed by atoms with Crippen molar-refractivity contribution in [1.82, 2.24) is 0 Å². The number of benzene rings is 2. The van der Waals surface area contributed by atoms with Crippen LogP contribution in [0.25, 0.3) is 0 Å². The number of ether oxygens (including phenoxy) is 1. The number of hydrogen-bond acceptors (Lipinski definition) is 6. The second-order valence-corrected chi connectivity index (χ2v) is 6.63. The third-order valence-corrected chi connectivity index (χ3v) is 4.54. The van der Waals surface area contributed by atoms with Crippen LogP contribution in [0, 0.1) is 9.49 Å². The summed E-state index contributed by atoms with van der Waals surface area (Å²) in [7, 11) is 0. The largest absolute Gasteiger partial charge is 0.426 e. The van der Waals surface area contributed by atoms with Crippen LogP contribution in [0.3, 0.4) is 0 Å². The molecule has 0 saturated heterocycles. The Labute approximate surface area is 159 Å². The highest BCUT2D eigenvalue weighted by Crippen LogP contribution is 2.22. The lowest BCUT2D eigenvalue weighted by atomic mass is 10.2. The molecule has 2 rings (SSSR count). The van der Waals surface area contributed by atoms with Crippen LogP contribution in [0.5, 0.6) is 5.75 Å². The van der Waals surface area contributed by atoms with E-state index in [0.29, 0.717) is 22.9 Å². The van der Waals surface area contributed by atoms with Crippen molar-refractivity contribution >= 4 is 65.2 Å². The lowest BCUT2D eigenvalue weighted by Gasteiger charge is -2.10. The number of carbonyl (C=O) groups is 1. The van der Waals surface area contributed by atoms with Gasteiger partial charge in [0.25, 0.3) is 0 Å². The third kappa shape index (κ3) is 5.82. The van der Waals surface area contributed by atoms with Crippen LogP contribution in [0.4, 0.5) is 11.4 Å². The number of thiol groups is 2. The molecule has 2 aromatic rings. The van der Waals surface area contributed by atoms with Crippen molar-refractivity contribution in [2.75, 3.05) is 11.5 Å². The van der Waals surface area contributed by atoms with Crippen LogP contribution in [0.15, 0.2) is 58.8 Å². The van der Waals surface area contributed by atoms with Crippen LogP contribution in [0.1, 0.15) is 0 Å². The molecule has 0 spiro atoms. The summed E-state index contributed by atoms with van der Waals surface area (Å²) >= 11 is 10.5. The average Bonchev–Trinajstić information content (AvgIpc) is 2.57. The van der Waals surface area contributed by atoms with E-state index in [1.165, 1.54) is 0 Å². The van der Waals surface area contributed by atoms with E-state index in [0.717, 1.165) is 9.26 Å². The Morgan fingerprint density at radius 2 is 1.43 bits per heavy atom. The quantitative estimate of drug-likeness (QED) is 0.208. The topological polar surface area (TPSA) is 51.0 Å². The first-order valence-corrected chi connectivity index (χ1v) is 9.17. The fourth-order valence-corrected chi connectivity index (χ4v) is 2.73. The predicted octanol–water partition coefficient (Wildman–Crippen LogP) is 5.09. The highest BCUT2D eigenvalue weighted by atomic mass is 127. The Morgan fingerprint density at radius 3 is 1.91 bits per heavy atom. The second-order valence-electron chi connectivity index (χ2n) is 4.65. The summed E-state index contributed by atoms with van der Waals surface area (Å²) in [5.74, 6) is 0.636. The molecule has 0 bridgehead atoms. The van der Waals surface area contributed by atoms with Gasteiger partial charge in [0.1, 0.15) is 5.75 Å². The van der Waals surface area contributed by atoms with E-state index in [9.17, 15) is 4.79 Å². The monoisotopic (exact) mass is 458 g/mol. The van der Waals surface area contributed by atoms with Crippen molar-refractivity contribution in [2.45, 2.75) is 0 Å². The molecule has 0 fully saturated rings. The van der Waals surface area contributed by atoms with Gasteiger partial charge in [-0.15, -0.1) is 0 Å². The molecule has 0 radical (unpaired) electrons. The summed E-state index contributed by atoms with van der Waals surface area (Å²) in [5, 5.41) is 8.31. The van der Waals surface area contributed by atoms with Crippen LogP contribution in [-0.2, 0) is 4.79 Å². The highest BCUT2D eigenvalue weighted by molar-refractivity contribution is 14.1. The van der Waals surface area contributed by atoms with E-state index in [4.69, 9.17) is 4.74 Å². The number of halogens is 1. The summed E-state index contributed by atoms with van der Waals surface area (Å²) in [6, 6.07) is 14.6. The summed E-state index contributed by atoms with van der Waals surface area (Å²) in [6.07, 6.45) is 0. The number of esters is 1. The maximum Gasteiger partial charge on any atom is 0.315 e. The van der Waals surface area contributed by atoms with E-state index >= 15 is 0 Å². The van der Waals surface area contributed by atoms with E-state index in [1.807, 2.05) is 24.3 Å². The molecule has 0 atom stereocenters. The first-order chi connectivity index (χ1) is 11.1. The van der Waals surface area contributed by atoms with Crippen molar-refractivity contribution in [1.29, 1.82) is 0 Å². The van der Waals surface area contributed by atoms with Crippen molar-refractivity contribution in [2.24, 2.45) is 16.1 Å². The van der Waals surface area contributed by atoms with Crippen molar-refractivity contribution in [3.63, 3.8) is 0 Å². The standard InChI is InChI=1S/C16H15IN2O2S2/c17-12-1-3-13(4-2-12)18-19-14-5-7-15(8-6-14)21-16(20)11(9-22)10-23/h1-8,11,22-23H,9-10H2. The minimum atomic E-state index is -0.330. The molecule has 0 amide bonds. The van der Waals surface area contributed by atoms with Gasteiger partial charge in [-0.05, 0) is 71.1 Å². The maximum absolute atomic E-state index is 11.8. The summed E-state index contributed by atoms with van der Waals surface area (Å²) in [4.78, 5) is 11.8. The second kappa shape index (κ2) is 9.29. The van der Waals surface area contributed by atoms with E-state index in [2.05, 4.69) is 58.1 Å². The average molecular weight is 458 g/mol. The maximum atomic E-state index is 11.8. The van der Waals surface area contributed by atoms with Gasteiger partial charge < -0.3 is 4.74 Å². The Kier molecular flexibility index (Phi) is 7.38. The molecule has 0 aliphatic heterocycles.